The van der Waals surface area contributed by atoms with Crippen LogP contribution < -0.4 is 5.73 Å². The number of aromatic carboxylic acids is 1. The molecular formula is C16H23N3O4. The van der Waals surface area contributed by atoms with E-state index < -0.39 is 11.6 Å². The summed E-state index contributed by atoms with van der Waals surface area (Å²) in [6.45, 7) is 6.70. The fourth-order valence-electron chi connectivity index (χ4n) is 2.58. The van der Waals surface area contributed by atoms with Crippen LogP contribution in [-0.2, 0) is 4.74 Å². The van der Waals surface area contributed by atoms with Crippen LogP contribution in [0.3, 0.4) is 0 Å². The van der Waals surface area contributed by atoms with Gasteiger partial charge in [-0.1, -0.05) is 0 Å². The second-order valence-corrected chi connectivity index (χ2v) is 6.72. The SMILES string of the molecule is CC(C)(C)OC(=O)N1CCC(c2ccc(C(=O)O)c(N)n2)CC1. The van der Waals surface area contributed by atoms with Crippen molar-refractivity contribution >= 4 is 17.9 Å². The summed E-state index contributed by atoms with van der Waals surface area (Å²) in [5, 5.41) is 8.98. The number of likely N-dealkylation sites (tertiary alicyclic amines) is 1. The van der Waals surface area contributed by atoms with E-state index >= 15 is 0 Å². The second-order valence-electron chi connectivity index (χ2n) is 6.72. The average molecular weight is 321 g/mol. The van der Waals surface area contributed by atoms with Crippen LogP contribution in [-0.4, -0.2) is 45.7 Å². The van der Waals surface area contributed by atoms with Crippen molar-refractivity contribution in [2.45, 2.75) is 45.1 Å². The predicted molar refractivity (Wildman–Crippen MR) is 85.4 cm³/mol. The predicted octanol–water partition coefficient (Wildman–Crippen LogP) is 2.48. The Hall–Kier alpha value is -2.31. The number of carboxylic acid groups (broad SMARTS) is 1. The number of piperidine rings is 1. The van der Waals surface area contributed by atoms with Gasteiger partial charge in [0.15, 0.2) is 0 Å². The number of carbonyl (C=O) groups is 2. The van der Waals surface area contributed by atoms with Crippen molar-refractivity contribution in [3.8, 4) is 0 Å². The van der Waals surface area contributed by atoms with Gasteiger partial charge in [-0.05, 0) is 45.7 Å². The molecule has 0 saturated carbocycles. The molecule has 0 spiro atoms. The lowest BCUT2D eigenvalue weighted by atomic mass is 9.93. The number of nitrogens with zero attached hydrogens (tertiary/aromatic N) is 2. The molecule has 126 valence electrons. The van der Waals surface area contributed by atoms with E-state index in [9.17, 15) is 9.59 Å². The van der Waals surface area contributed by atoms with Gasteiger partial charge >= 0.3 is 12.1 Å². The number of anilines is 1. The third kappa shape index (κ3) is 4.34. The normalized spacial score (nSPS) is 16.2. The van der Waals surface area contributed by atoms with Gasteiger partial charge in [-0.15, -0.1) is 0 Å². The summed E-state index contributed by atoms with van der Waals surface area (Å²) in [5.41, 5.74) is 5.98. The first kappa shape index (κ1) is 17.1. The number of pyridine rings is 1. The molecule has 1 saturated heterocycles. The van der Waals surface area contributed by atoms with E-state index in [0.717, 1.165) is 18.5 Å². The number of amides is 1. The monoisotopic (exact) mass is 321 g/mol. The van der Waals surface area contributed by atoms with E-state index in [1.165, 1.54) is 6.07 Å². The average Bonchev–Trinajstić information content (AvgIpc) is 2.45. The molecule has 7 nitrogen and oxygen atoms in total. The molecule has 7 heteroatoms. The Kier molecular flexibility index (Phi) is 4.77. The zero-order valence-electron chi connectivity index (χ0n) is 13.7. The smallest absolute Gasteiger partial charge is 0.410 e. The number of carboxylic acids is 1. The highest BCUT2D eigenvalue weighted by Crippen LogP contribution is 2.28. The van der Waals surface area contributed by atoms with Crippen LogP contribution in [0.5, 0.6) is 0 Å². The van der Waals surface area contributed by atoms with Gasteiger partial charge in [0.05, 0.1) is 0 Å². The minimum Gasteiger partial charge on any atom is -0.478 e. The summed E-state index contributed by atoms with van der Waals surface area (Å²) in [6, 6.07) is 3.19. The zero-order chi connectivity index (χ0) is 17.2. The first-order valence-electron chi connectivity index (χ1n) is 7.65. The number of carbonyl (C=O) groups excluding carboxylic acids is 1. The Morgan fingerprint density at radius 3 is 2.39 bits per heavy atom. The van der Waals surface area contributed by atoms with Gasteiger partial charge in [0.25, 0.3) is 0 Å². The molecule has 0 bridgehead atoms. The number of hydrogen-bond donors (Lipinski definition) is 2. The Morgan fingerprint density at radius 2 is 1.91 bits per heavy atom. The molecule has 1 aliphatic rings. The number of rotatable bonds is 2. The summed E-state index contributed by atoms with van der Waals surface area (Å²) in [5.74, 6) is -0.885. The van der Waals surface area contributed by atoms with Crippen molar-refractivity contribution in [2.75, 3.05) is 18.8 Å². The quantitative estimate of drug-likeness (QED) is 0.867. The van der Waals surface area contributed by atoms with Gasteiger partial charge in [-0.2, -0.15) is 0 Å². The van der Waals surface area contributed by atoms with Gasteiger partial charge in [0.1, 0.15) is 17.0 Å². The number of nitrogens with two attached hydrogens (primary N) is 1. The number of aromatic nitrogens is 1. The maximum atomic E-state index is 12.0. The van der Waals surface area contributed by atoms with Crippen LogP contribution in [0.4, 0.5) is 10.6 Å². The highest BCUT2D eigenvalue weighted by atomic mass is 16.6. The van der Waals surface area contributed by atoms with Gasteiger partial charge in [-0.25, -0.2) is 14.6 Å². The molecule has 0 aliphatic carbocycles. The third-order valence-corrected chi connectivity index (χ3v) is 3.74. The van der Waals surface area contributed by atoms with E-state index in [0.29, 0.717) is 13.1 Å². The second kappa shape index (κ2) is 6.44. The van der Waals surface area contributed by atoms with E-state index in [1.807, 2.05) is 20.8 Å². The standard InChI is InChI=1S/C16H23N3O4/c1-16(2,3)23-15(22)19-8-6-10(7-9-19)12-5-4-11(14(20)21)13(17)18-12/h4-5,10H,6-9H2,1-3H3,(H2,17,18)(H,20,21). The molecule has 1 aromatic rings. The topological polar surface area (TPSA) is 106 Å². The highest BCUT2D eigenvalue weighted by molar-refractivity contribution is 5.92. The molecule has 1 aliphatic heterocycles. The molecule has 0 aromatic carbocycles. The lowest BCUT2D eigenvalue weighted by Crippen LogP contribution is -2.41. The molecule has 3 N–H and O–H groups in total. The van der Waals surface area contributed by atoms with Gasteiger partial charge in [0, 0.05) is 24.7 Å². The van der Waals surface area contributed by atoms with Crippen molar-refractivity contribution in [3.63, 3.8) is 0 Å². The molecule has 1 amide bonds. The summed E-state index contributed by atoms with van der Waals surface area (Å²) in [4.78, 5) is 28.9. The zero-order valence-corrected chi connectivity index (χ0v) is 13.7. The molecule has 0 radical (unpaired) electrons. The van der Waals surface area contributed by atoms with E-state index in [1.54, 1.807) is 11.0 Å². The number of nitrogen functional groups attached to an aromatic ring is 1. The fraction of sp³-hybridized carbons (Fsp3) is 0.562. The van der Waals surface area contributed by atoms with Crippen molar-refractivity contribution in [3.05, 3.63) is 23.4 Å². The molecular weight excluding hydrogens is 298 g/mol. The van der Waals surface area contributed by atoms with Gasteiger partial charge in [0.2, 0.25) is 0 Å². The summed E-state index contributed by atoms with van der Waals surface area (Å²) in [7, 11) is 0. The Labute approximate surface area is 135 Å². The third-order valence-electron chi connectivity index (χ3n) is 3.74. The minimum atomic E-state index is -1.08. The van der Waals surface area contributed by atoms with Crippen molar-refractivity contribution in [2.24, 2.45) is 0 Å². The molecule has 2 heterocycles. The van der Waals surface area contributed by atoms with Crippen LogP contribution in [0.15, 0.2) is 12.1 Å². The number of hydrogen-bond acceptors (Lipinski definition) is 5. The van der Waals surface area contributed by atoms with Crippen molar-refractivity contribution in [1.82, 2.24) is 9.88 Å². The summed E-state index contributed by atoms with van der Waals surface area (Å²) >= 11 is 0. The molecule has 2 rings (SSSR count). The van der Waals surface area contributed by atoms with Crippen LogP contribution in [0.25, 0.3) is 0 Å². The highest BCUT2D eigenvalue weighted by Gasteiger charge is 2.28. The first-order chi connectivity index (χ1) is 10.7. The molecule has 1 fully saturated rings. The van der Waals surface area contributed by atoms with Crippen molar-refractivity contribution < 1.29 is 19.4 Å². The molecule has 1 aromatic heterocycles. The maximum absolute atomic E-state index is 12.0. The van der Waals surface area contributed by atoms with Crippen molar-refractivity contribution in [1.29, 1.82) is 0 Å². The molecule has 23 heavy (non-hydrogen) atoms. The molecule has 0 unspecified atom stereocenters. The number of ether oxygens (including phenoxy) is 1. The first-order valence-corrected chi connectivity index (χ1v) is 7.65. The van der Waals surface area contributed by atoms with Gasteiger partial charge < -0.3 is 20.5 Å². The fourth-order valence-corrected chi connectivity index (χ4v) is 2.58. The van der Waals surface area contributed by atoms with Crippen LogP contribution in [0.1, 0.15) is 55.6 Å². The van der Waals surface area contributed by atoms with E-state index in [4.69, 9.17) is 15.6 Å². The van der Waals surface area contributed by atoms with E-state index in [2.05, 4.69) is 4.98 Å². The summed E-state index contributed by atoms with van der Waals surface area (Å²) in [6.07, 6.45) is 1.19. The van der Waals surface area contributed by atoms with E-state index in [-0.39, 0.29) is 23.4 Å². The Bertz CT molecular complexity index is 602. The lowest BCUT2D eigenvalue weighted by Gasteiger charge is -2.33. The Balaban J connectivity index is 1.98. The van der Waals surface area contributed by atoms with Crippen LogP contribution in [0.2, 0.25) is 0 Å². The minimum absolute atomic E-state index is 0.0138. The van der Waals surface area contributed by atoms with Crippen LogP contribution >= 0.6 is 0 Å². The largest absolute Gasteiger partial charge is 0.478 e. The maximum Gasteiger partial charge on any atom is 0.410 e. The molecule has 0 atom stereocenters. The Morgan fingerprint density at radius 1 is 1.30 bits per heavy atom. The lowest BCUT2D eigenvalue weighted by molar-refractivity contribution is 0.0203. The van der Waals surface area contributed by atoms with Gasteiger partial charge in [-0.3, -0.25) is 0 Å². The van der Waals surface area contributed by atoms with Crippen LogP contribution in [0, 0.1) is 0 Å². The summed E-state index contributed by atoms with van der Waals surface area (Å²) < 4.78 is 5.37.